The van der Waals surface area contributed by atoms with Crippen molar-refractivity contribution < 1.29 is 81.8 Å². The summed E-state index contributed by atoms with van der Waals surface area (Å²) in [7, 11) is 0. The lowest BCUT2D eigenvalue weighted by atomic mass is 9.84. The van der Waals surface area contributed by atoms with Gasteiger partial charge in [-0.1, -0.05) is 129 Å². The van der Waals surface area contributed by atoms with Crippen molar-refractivity contribution in [1.29, 1.82) is 10.8 Å². The second-order valence-electron chi connectivity index (χ2n) is 39.3. The number of aliphatic carboxylic acids is 1. The van der Waals surface area contributed by atoms with Crippen molar-refractivity contribution in [3.63, 3.8) is 0 Å². The van der Waals surface area contributed by atoms with Gasteiger partial charge in [0.05, 0.1) is 6.33 Å². The zero-order valence-electron chi connectivity index (χ0n) is 82.3. The Morgan fingerprint density at radius 1 is 0.511 bits per heavy atom. The number of nitrogens with zero attached hydrogens (tertiary/aromatic N) is 4. The first-order chi connectivity index (χ1) is 67.1. The molecule has 141 heavy (non-hydrogen) atoms. The van der Waals surface area contributed by atoms with Crippen LogP contribution in [0.2, 0.25) is 0 Å². The first kappa shape index (κ1) is 112. The number of guanidine groups is 2. The third kappa shape index (κ3) is 33.8. The summed E-state index contributed by atoms with van der Waals surface area (Å²) in [6.45, 7) is 14.3. The molecule has 5 heterocycles. The lowest BCUT2D eigenvalue weighted by Gasteiger charge is -2.38. The number of piperidine rings is 2. The Kier molecular flexibility index (Phi) is 43.2. The molecule has 4 aromatic rings. The van der Waals surface area contributed by atoms with Gasteiger partial charge in [-0.15, -0.1) is 0 Å². The standard InChI is InChI=1S/C99H147BrN24O17/c1-9-10-25-70(90(135)123-50-21-30-78(123)87(132)118-75(92(137)138)54-60-31-35-64(36-32-60)63-22-12-11-13-23-63)115-88(133)79-55-65-24-14-15-28-76(65)124(79)89(134)59(4)112-83(128)73(53-62-41-46-106-47-42-62)117-84(129)74(52-61-33-37-66(100)38-34-61)120-95(141)99(7,8)121-85(130)72(51-58(2)3)116-81(126)68(27-20-45-110-97(104)105)113-86(131)77-29-17-19-49-122(77)91(136)71(26-16-18-44-109-96(102)103)114-82(127)69(39-40-80(101)125)119-94(140)98(5,6)93(139)108-48-43-67-56-107-57-111-67/h11-13,22-23,31-38,56-59,62,65,68-79,106H,9-10,14-21,24-30,39-55H2,1-8H3,(H2,101,125)(H,107,111)(H,108,139)(H,112,128)(H,113,131)(H,114,127)(H,115,133)(H,116,126)(H,117,129)(H,118,132)(H,119,140)(H,120,141)(H,121,130)(H,137,138)(H4,102,103,109)(H4,104,105,110)/t59-,65-,68+,69-,70-,71-,72-,73-,74-,75+,76-,77-,78-,79-/m0/s1. The van der Waals surface area contributed by atoms with E-state index in [1.54, 1.807) is 49.2 Å². The molecule has 0 radical (unpaired) electrons. The maximum absolute atomic E-state index is 15.4. The van der Waals surface area contributed by atoms with Crippen molar-refractivity contribution in [2.45, 2.75) is 313 Å². The van der Waals surface area contributed by atoms with Gasteiger partial charge in [0.1, 0.15) is 83.5 Å². The summed E-state index contributed by atoms with van der Waals surface area (Å²) < 4.78 is 0.707. The maximum atomic E-state index is 15.4. The Morgan fingerprint density at radius 2 is 1.04 bits per heavy atom. The molecule has 772 valence electrons. The second-order valence-corrected chi connectivity index (χ2v) is 40.2. The zero-order chi connectivity index (χ0) is 103. The van der Waals surface area contributed by atoms with E-state index in [1.807, 2.05) is 61.5 Å². The van der Waals surface area contributed by atoms with Gasteiger partial charge in [0, 0.05) is 80.8 Å². The van der Waals surface area contributed by atoms with Gasteiger partial charge in [0.15, 0.2) is 11.9 Å². The minimum absolute atomic E-state index is 0.000677. The Labute approximate surface area is 832 Å². The fraction of sp³-hybridized carbons (Fsp3) is 0.606. The monoisotopic (exact) mass is 2020 g/mol. The third-order valence-corrected chi connectivity index (χ3v) is 27.5. The van der Waals surface area contributed by atoms with Gasteiger partial charge in [-0.05, 0) is 222 Å². The molecule has 5 fully saturated rings. The average Bonchev–Trinajstić information content (AvgIpc) is 1.62. The van der Waals surface area contributed by atoms with Crippen molar-refractivity contribution in [3.8, 4) is 11.1 Å². The SMILES string of the molecule is CCCC[C@H](NC(=O)[C@@H]1C[C@@H]2CCCC[C@@H]2N1C(=O)[C@H](C)NC(=O)[C@H](CC1CCNCC1)NC(=O)[C@H](Cc1ccc(Br)cc1)NC(=O)C(C)(C)NC(=O)[C@H](CC(C)C)NC(=O)[C@@H](CCCNC(=N)N)NC(=O)[C@@H]1CCCCN1C(=O)[C@H](CCCCNC(=N)N)NC(=O)[C@H](CCC(N)=O)NC(=O)C(C)(C)C(=O)NCCc1cnc[nH]1)C(=O)N1CCC[C@H]1C(=O)N[C@H](Cc1ccc(-c2ccccc2)cc1)C(=O)O. The molecule has 4 saturated heterocycles. The molecule has 41 nitrogen and oxygen atoms in total. The van der Waals surface area contributed by atoms with Gasteiger partial charge in [-0.2, -0.15) is 0 Å². The molecular formula is C99H147BrN24O17. The van der Waals surface area contributed by atoms with Crippen LogP contribution in [0.3, 0.4) is 0 Å². The number of carbonyl (C=O) groups excluding carboxylic acids is 15. The fourth-order valence-electron chi connectivity index (χ4n) is 18.9. The molecule has 9 rings (SSSR count). The van der Waals surface area contributed by atoms with Gasteiger partial charge in [-0.3, -0.25) is 82.7 Å². The van der Waals surface area contributed by atoms with E-state index in [4.69, 9.17) is 28.0 Å². The smallest absolute Gasteiger partial charge is 0.326 e. The van der Waals surface area contributed by atoms with Crippen molar-refractivity contribution in [2.75, 3.05) is 45.8 Å². The number of nitrogens with two attached hydrogens (primary N) is 3. The van der Waals surface area contributed by atoms with E-state index in [1.165, 1.54) is 50.7 Å². The molecule has 15 amide bonds. The van der Waals surface area contributed by atoms with Crippen LogP contribution in [-0.2, 0) is 96.0 Å². The number of amides is 15. The molecule has 3 aromatic carbocycles. The van der Waals surface area contributed by atoms with Gasteiger partial charge in [0.25, 0.3) is 0 Å². The normalized spacial score (nSPS) is 19.0. The highest BCUT2D eigenvalue weighted by Crippen LogP contribution is 2.41. The molecule has 14 atom stereocenters. The number of fused-ring (bicyclic) bond motifs is 1. The summed E-state index contributed by atoms with van der Waals surface area (Å²) in [5, 5.41) is 65.5. The van der Waals surface area contributed by atoms with Gasteiger partial charge in [-0.25, -0.2) is 9.78 Å². The minimum atomic E-state index is -1.88. The third-order valence-electron chi connectivity index (χ3n) is 27.0. The van der Waals surface area contributed by atoms with E-state index < -0.39 is 190 Å². The average molecular weight is 2030 g/mol. The fourth-order valence-corrected chi connectivity index (χ4v) is 19.2. The summed E-state index contributed by atoms with van der Waals surface area (Å²) in [5.41, 5.74) is 17.0. The highest BCUT2D eigenvalue weighted by Gasteiger charge is 2.51. The predicted octanol–water partition coefficient (Wildman–Crippen LogP) is 2.71. The summed E-state index contributed by atoms with van der Waals surface area (Å²) >= 11 is 3.48. The van der Waals surface area contributed by atoms with Crippen LogP contribution in [0.25, 0.3) is 11.1 Å². The molecule has 42 heteroatoms. The van der Waals surface area contributed by atoms with Crippen LogP contribution in [0.5, 0.6) is 0 Å². The van der Waals surface area contributed by atoms with Crippen LogP contribution in [-0.4, -0.2) is 266 Å². The molecule has 0 spiro atoms. The molecule has 1 aromatic heterocycles. The quantitative estimate of drug-likeness (QED) is 0.0131. The number of aromatic amines is 1. The number of imidazole rings is 1. The van der Waals surface area contributed by atoms with Gasteiger partial charge < -0.3 is 116 Å². The number of hydrogen-bond donors (Lipinski definition) is 21. The number of carbonyl (C=O) groups is 16. The lowest BCUT2D eigenvalue weighted by molar-refractivity contribution is -0.146. The van der Waals surface area contributed by atoms with Crippen molar-refractivity contribution >= 4 is 122 Å². The van der Waals surface area contributed by atoms with Crippen LogP contribution in [0.1, 0.15) is 226 Å². The number of unbranched alkanes of at least 4 members (excludes halogenated alkanes) is 2. The number of carboxylic acids is 1. The number of H-pyrrole nitrogens is 1. The van der Waals surface area contributed by atoms with Crippen LogP contribution < -0.4 is 91.6 Å². The molecule has 1 saturated carbocycles. The van der Waals surface area contributed by atoms with Gasteiger partial charge in [0.2, 0.25) is 88.6 Å². The highest BCUT2D eigenvalue weighted by molar-refractivity contribution is 9.10. The number of hydrogen-bond acceptors (Lipinski definition) is 20. The van der Waals surface area contributed by atoms with E-state index in [-0.39, 0.29) is 146 Å². The maximum Gasteiger partial charge on any atom is 0.326 e. The van der Waals surface area contributed by atoms with E-state index in [2.05, 4.69) is 100 Å². The molecule has 4 aliphatic heterocycles. The Balaban J connectivity index is 0.885. The summed E-state index contributed by atoms with van der Waals surface area (Å²) in [5.74, 6) is -13.6. The summed E-state index contributed by atoms with van der Waals surface area (Å²) in [6, 6.07) is 8.07. The number of benzene rings is 3. The predicted molar refractivity (Wildman–Crippen MR) is 531 cm³/mol. The largest absolute Gasteiger partial charge is 0.480 e. The summed E-state index contributed by atoms with van der Waals surface area (Å²) in [4.78, 5) is 244. The topological polar surface area (TPSA) is 626 Å². The first-order valence-corrected chi connectivity index (χ1v) is 50.4. The summed E-state index contributed by atoms with van der Waals surface area (Å²) in [6.07, 6.45) is 10.5. The lowest BCUT2D eigenvalue weighted by Crippen LogP contribution is -2.64. The van der Waals surface area contributed by atoms with E-state index in [9.17, 15) is 38.7 Å². The van der Waals surface area contributed by atoms with Crippen molar-refractivity contribution in [3.05, 3.63) is 113 Å². The van der Waals surface area contributed by atoms with E-state index >= 15 is 43.2 Å². The second kappa shape index (κ2) is 54.4. The van der Waals surface area contributed by atoms with Crippen LogP contribution in [0.15, 0.2) is 95.9 Å². The first-order valence-electron chi connectivity index (χ1n) is 49.6. The highest BCUT2D eigenvalue weighted by atomic mass is 79.9. The van der Waals surface area contributed by atoms with E-state index in [0.29, 0.717) is 99.3 Å². The zero-order valence-corrected chi connectivity index (χ0v) is 83.9. The van der Waals surface area contributed by atoms with Crippen LogP contribution >= 0.6 is 15.9 Å². The Hall–Kier alpha value is -12.6. The number of halogens is 1. The molecular weight excluding hydrogens is 1880 g/mol. The Bertz CT molecular complexity index is 4960. The molecule has 0 bridgehead atoms. The number of primary amides is 1. The molecule has 5 aliphatic rings. The number of carboxylic acid groups (broad SMARTS) is 1. The molecule has 24 N–H and O–H groups in total. The number of aromatic nitrogens is 2. The van der Waals surface area contributed by atoms with Crippen molar-refractivity contribution in [1.82, 2.24) is 99.1 Å². The van der Waals surface area contributed by atoms with Crippen molar-refractivity contribution in [2.24, 2.45) is 40.4 Å². The Morgan fingerprint density at radius 3 is 1.65 bits per heavy atom. The van der Waals surface area contributed by atoms with Gasteiger partial charge >= 0.3 is 5.97 Å². The minimum Gasteiger partial charge on any atom is -0.480 e. The number of likely N-dealkylation sites (tertiary alicyclic amines) is 3. The van der Waals surface area contributed by atoms with E-state index in [0.717, 1.165) is 29.7 Å². The number of rotatable bonds is 52. The molecule has 1 aliphatic carbocycles. The van der Waals surface area contributed by atoms with Crippen LogP contribution in [0, 0.1) is 34.0 Å². The van der Waals surface area contributed by atoms with Crippen LogP contribution in [0.4, 0.5) is 0 Å². The number of nitrogens with one attached hydrogen (secondary N) is 17. The molecule has 0 unspecified atom stereocenters.